The molecule has 3 aromatic rings. The molecule has 1 aliphatic rings. The van der Waals surface area contributed by atoms with Gasteiger partial charge >= 0.3 is 0 Å². The first kappa shape index (κ1) is 21.6. The molecule has 0 saturated heterocycles. The Hall–Kier alpha value is -2.67. The minimum absolute atomic E-state index is 0.0535. The summed E-state index contributed by atoms with van der Waals surface area (Å²) in [6, 6.07) is 13.8. The predicted molar refractivity (Wildman–Crippen MR) is 120 cm³/mol. The van der Waals surface area contributed by atoms with E-state index in [1.807, 2.05) is 24.3 Å². The Morgan fingerprint density at radius 2 is 1.81 bits per heavy atom. The molecule has 1 aromatic heterocycles. The zero-order chi connectivity index (χ0) is 21.8. The van der Waals surface area contributed by atoms with Gasteiger partial charge in [0.25, 0.3) is 0 Å². The Morgan fingerprint density at radius 1 is 1.10 bits per heavy atom. The van der Waals surface area contributed by atoms with E-state index < -0.39 is 0 Å². The van der Waals surface area contributed by atoms with Crippen LogP contribution in [0, 0.1) is 11.7 Å². The minimum atomic E-state index is -0.348. The second-order valence-electron chi connectivity index (χ2n) is 7.95. The quantitative estimate of drug-likeness (QED) is 0.343. The van der Waals surface area contributed by atoms with Gasteiger partial charge in [0.1, 0.15) is 11.6 Å². The summed E-state index contributed by atoms with van der Waals surface area (Å²) in [5.74, 6) is 1.95. The standard InChI is InChI=1S/C24H26FN3O2S/c1-16-5-3-4-6-21(16)28-23(18-9-13-20(30-2)14-10-18)26-27-24(28)31-15-22(29)17-7-11-19(25)12-8-17/h7-14,16,21H,3-6,15H2,1-2H3/t16-,21+/m1/s1. The topological polar surface area (TPSA) is 57.0 Å². The molecular formula is C24H26FN3O2S. The van der Waals surface area contributed by atoms with Crippen LogP contribution < -0.4 is 4.74 Å². The molecule has 1 saturated carbocycles. The summed E-state index contributed by atoms with van der Waals surface area (Å²) in [7, 11) is 1.65. The van der Waals surface area contributed by atoms with E-state index in [4.69, 9.17) is 4.74 Å². The van der Waals surface area contributed by atoms with Crippen molar-refractivity contribution in [3.8, 4) is 17.1 Å². The van der Waals surface area contributed by atoms with Gasteiger partial charge in [-0.2, -0.15) is 0 Å². The third-order valence-corrected chi connectivity index (χ3v) is 6.85. The maximum absolute atomic E-state index is 13.2. The molecule has 2 atom stereocenters. The van der Waals surface area contributed by atoms with Gasteiger partial charge in [0.05, 0.1) is 12.9 Å². The summed E-state index contributed by atoms with van der Waals surface area (Å²) in [5.41, 5.74) is 1.48. The number of ether oxygens (including phenoxy) is 1. The normalized spacial score (nSPS) is 18.7. The molecule has 0 radical (unpaired) electrons. The van der Waals surface area contributed by atoms with Gasteiger partial charge in [-0.1, -0.05) is 31.5 Å². The fourth-order valence-corrected chi connectivity index (χ4v) is 5.03. The number of carbonyl (C=O) groups excluding carboxylic acids is 1. The van der Waals surface area contributed by atoms with Crippen molar-refractivity contribution in [2.45, 2.75) is 43.8 Å². The summed E-state index contributed by atoms with van der Waals surface area (Å²) in [4.78, 5) is 12.6. The molecule has 0 spiro atoms. The van der Waals surface area contributed by atoms with Crippen LogP contribution in [0.25, 0.3) is 11.4 Å². The van der Waals surface area contributed by atoms with Crippen LogP contribution in [0.2, 0.25) is 0 Å². The number of methoxy groups -OCH3 is 1. The number of hydrogen-bond acceptors (Lipinski definition) is 5. The Morgan fingerprint density at radius 3 is 2.48 bits per heavy atom. The van der Waals surface area contributed by atoms with E-state index in [0.29, 0.717) is 17.5 Å². The number of rotatable bonds is 7. The van der Waals surface area contributed by atoms with Crippen LogP contribution in [0.3, 0.4) is 0 Å². The monoisotopic (exact) mass is 439 g/mol. The summed E-state index contributed by atoms with van der Waals surface area (Å²) in [6.07, 6.45) is 4.66. The van der Waals surface area contributed by atoms with E-state index in [1.54, 1.807) is 7.11 Å². The summed E-state index contributed by atoms with van der Waals surface area (Å²) < 4.78 is 20.7. The number of Topliss-reactive ketones (excluding diaryl/α,β-unsaturated/α-hetero) is 1. The molecule has 1 aliphatic carbocycles. The van der Waals surface area contributed by atoms with Crippen LogP contribution >= 0.6 is 11.8 Å². The van der Waals surface area contributed by atoms with Crippen LogP contribution in [0.15, 0.2) is 53.7 Å². The zero-order valence-electron chi connectivity index (χ0n) is 17.8. The van der Waals surface area contributed by atoms with Crippen molar-refractivity contribution >= 4 is 17.5 Å². The molecule has 1 heterocycles. The SMILES string of the molecule is COc1ccc(-c2nnc(SCC(=O)c3ccc(F)cc3)n2[C@H]2CCCC[C@H]2C)cc1. The molecule has 0 aliphatic heterocycles. The third-order valence-electron chi connectivity index (χ3n) is 5.91. The highest BCUT2D eigenvalue weighted by Gasteiger charge is 2.29. The predicted octanol–water partition coefficient (Wildman–Crippen LogP) is 5.82. The second kappa shape index (κ2) is 9.64. The maximum atomic E-state index is 13.2. The molecule has 0 amide bonds. The minimum Gasteiger partial charge on any atom is -0.497 e. The summed E-state index contributed by atoms with van der Waals surface area (Å²) in [5, 5.41) is 9.71. The lowest BCUT2D eigenvalue weighted by molar-refractivity contribution is 0.102. The number of halogens is 1. The van der Waals surface area contributed by atoms with E-state index in [9.17, 15) is 9.18 Å². The van der Waals surface area contributed by atoms with E-state index >= 15 is 0 Å². The highest BCUT2D eigenvalue weighted by atomic mass is 32.2. The van der Waals surface area contributed by atoms with Gasteiger partial charge < -0.3 is 4.74 Å². The average molecular weight is 440 g/mol. The molecule has 0 N–H and O–H groups in total. The molecule has 162 valence electrons. The first-order valence-corrected chi connectivity index (χ1v) is 11.6. The Labute approximate surface area is 186 Å². The van der Waals surface area contributed by atoms with Gasteiger partial charge in [-0.3, -0.25) is 9.36 Å². The molecular weight excluding hydrogens is 413 g/mol. The Balaban J connectivity index is 1.62. The molecule has 0 bridgehead atoms. The van der Waals surface area contributed by atoms with Crippen LogP contribution in [0.5, 0.6) is 5.75 Å². The molecule has 1 fully saturated rings. The van der Waals surface area contributed by atoms with E-state index in [-0.39, 0.29) is 17.4 Å². The van der Waals surface area contributed by atoms with Crippen LogP contribution in [0.1, 0.15) is 49.0 Å². The molecule has 0 unspecified atom stereocenters. The average Bonchev–Trinajstić information content (AvgIpc) is 3.22. The molecule has 5 nitrogen and oxygen atoms in total. The van der Waals surface area contributed by atoms with Crippen molar-refractivity contribution in [1.82, 2.24) is 14.8 Å². The highest BCUT2D eigenvalue weighted by molar-refractivity contribution is 7.99. The van der Waals surface area contributed by atoms with Gasteiger partial charge in [0, 0.05) is 17.2 Å². The Kier molecular flexibility index (Phi) is 6.70. The summed E-state index contributed by atoms with van der Waals surface area (Å²) in [6.45, 7) is 2.28. The number of benzene rings is 2. The Bertz CT molecular complexity index is 1030. The zero-order valence-corrected chi connectivity index (χ0v) is 18.6. The van der Waals surface area contributed by atoms with Crippen LogP contribution in [0.4, 0.5) is 4.39 Å². The van der Waals surface area contributed by atoms with Gasteiger partial charge in [-0.15, -0.1) is 10.2 Å². The number of hydrogen-bond donors (Lipinski definition) is 0. The third kappa shape index (κ3) is 4.82. The van der Waals surface area contributed by atoms with Crippen molar-refractivity contribution < 1.29 is 13.9 Å². The fourth-order valence-electron chi connectivity index (χ4n) is 4.14. The largest absolute Gasteiger partial charge is 0.497 e. The first-order valence-electron chi connectivity index (χ1n) is 10.6. The van der Waals surface area contributed by atoms with Crippen LogP contribution in [-0.2, 0) is 0 Å². The lowest BCUT2D eigenvalue weighted by Crippen LogP contribution is -2.22. The molecule has 7 heteroatoms. The van der Waals surface area contributed by atoms with Gasteiger partial charge in [-0.25, -0.2) is 4.39 Å². The van der Waals surface area contributed by atoms with E-state index in [2.05, 4.69) is 21.7 Å². The number of aromatic nitrogens is 3. The van der Waals surface area contributed by atoms with Crippen molar-refractivity contribution in [3.05, 3.63) is 59.9 Å². The first-order chi connectivity index (χ1) is 15.1. The van der Waals surface area contributed by atoms with Crippen molar-refractivity contribution in [3.63, 3.8) is 0 Å². The van der Waals surface area contributed by atoms with Crippen molar-refractivity contribution in [1.29, 1.82) is 0 Å². The molecule has 31 heavy (non-hydrogen) atoms. The maximum Gasteiger partial charge on any atom is 0.192 e. The second-order valence-corrected chi connectivity index (χ2v) is 8.90. The molecule has 2 aromatic carbocycles. The highest BCUT2D eigenvalue weighted by Crippen LogP contribution is 2.39. The van der Waals surface area contributed by atoms with Gasteiger partial charge in [0.15, 0.2) is 16.8 Å². The van der Waals surface area contributed by atoms with E-state index in [0.717, 1.165) is 28.7 Å². The summed E-state index contributed by atoms with van der Waals surface area (Å²) >= 11 is 1.39. The molecule has 4 rings (SSSR count). The van der Waals surface area contributed by atoms with Gasteiger partial charge in [-0.05, 0) is 67.3 Å². The van der Waals surface area contributed by atoms with E-state index in [1.165, 1.54) is 55.3 Å². The number of thioether (sulfide) groups is 1. The lowest BCUT2D eigenvalue weighted by atomic mass is 9.85. The smallest absolute Gasteiger partial charge is 0.192 e. The fraction of sp³-hybridized carbons (Fsp3) is 0.375. The number of nitrogens with zero attached hydrogens (tertiary/aromatic N) is 3. The van der Waals surface area contributed by atoms with Crippen molar-refractivity contribution in [2.24, 2.45) is 5.92 Å². The van der Waals surface area contributed by atoms with Gasteiger partial charge in [0.2, 0.25) is 0 Å². The van der Waals surface area contributed by atoms with Crippen molar-refractivity contribution in [2.75, 3.05) is 12.9 Å². The number of ketones is 1. The number of carbonyl (C=O) groups is 1. The lowest BCUT2D eigenvalue weighted by Gasteiger charge is -2.31. The van der Waals surface area contributed by atoms with Crippen LogP contribution in [-0.4, -0.2) is 33.4 Å².